The zero-order chi connectivity index (χ0) is 19.7. The lowest BCUT2D eigenvalue weighted by atomic mass is 9.92. The number of rotatable bonds is 7. The SMILES string of the molecule is C=C/C=C\C(=C)C[C@@H]1CN2C(=O)C(CCC)c3nc(C4CCCC4)[nH]c3C2=N1. The fourth-order valence-electron chi connectivity index (χ4n) is 4.73. The molecule has 3 heterocycles. The number of H-pyrrole nitrogens is 1. The summed E-state index contributed by atoms with van der Waals surface area (Å²) in [6.07, 6.45) is 13.1. The maximum Gasteiger partial charge on any atom is 0.237 e. The van der Waals surface area contributed by atoms with E-state index in [0.717, 1.165) is 47.9 Å². The molecule has 5 heteroatoms. The number of fused-ring (bicyclic) bond motifs is 3. The van der Waals surface area contributed by atoms with Gasteiger partial charge in [0.15, 0.2) is 5.84 Å². The molecular weight excluding hydrogens is 348 g/mol. The molecule has 0 aromatic carbocycles. The smallest absolute Gasteiger partial charge is 0.237 e. The van der Waals surface area contributed by atoms with Crippen molar-refractivity contribution in [3.8, 4) is 0 Å². The average molecular weight is 379 g/mol. The van der Waals surface area contributed by atoms with Crippen molar-refractivity contribution < 1.29 is 4.79 Å². The standard InChI is InChI=1S/C23H30N4O/c1-4-6-10-15(3)13-17-14-27-22(24-17)20-19(18(9-5-2)23(27)28)25-21(26-20)16-11-7-8-12-16/h4,6,10,16-18H,1,3,5,7-9,11-14H2,2H3,(H,25,26)/b10-6-/t17-,18?/m1/s1. The Morgan fingerprint density at radius 3 is 2.86 bits per heavy atom. The second-order valence-electron chi connectivity index (χ2n) is 8.22. The minimum atomic E-state index is -0.145. The molecule has 0 saturated heterocycles. The first-order chi connectivity index (χ1) is 13.6. The van der Waals surface area contributed by atoms with Gasteiger partial charge in [0, 0.05) is 5.92 Å². The van der Waals surface area contributed by atoms with Gasteiger partial charge in [0.1, 0.15) is 11.5 Å². The topological polar surface area (TPSA) is 61.4 Å². The molecule has 0 bridgehead atoms. The molecular formula is C23H30N4O. The zero-order valence-corrected chi connectivity index (χ0v) is 16.8. The van der Waals surface area contributed by atoms with Gasteiger partial charge in [-0.2, -0.15) is 0 Å². The van der Waals surface area contributed by atoms with Crippen LogP contribution in [0.15, 0.2) is 42.0 Å². The number of hydrogen-bond donors (Lipinski definition) is 1. The molecule has 4 rings (SSSR count). The van der Waals surface area contributed by atoms with E-state index in [1.54, 1.807) is 6.08 Å². The second-order valence-corrected chi connectivity index (χ2v) is 8.22. The van der Waals surface area contributed by atoms with Crippen molar-refractivity contribution in [3.05, 3.63) is 54.2 Å². The third-order valence-corrected chi connectivity index (χ3v) is 6.11. The Morgan fingerprint density at radius 2 is 2.14 bits per heavy atom. The van der Waals surface area contributed by atoms with Gasteiger partial charge < -0.3 is 4.98 Å². The molecule has 3 aliphatic rings. The lowest BCUT2D eigenvalue weighted by Gasteiger charge is -2.29. The maximum absolute atomic E-state index is 13.2. The monoisotopic (exact) mass is 378 g/mol. The number of nitrogens with one attached hydrogen (secondary N) is 1. The summed E-state index contributed by atoms with van der Waals surface area (Å²) in [6, 6.07) is 0.0485. The molecule has 1 amide bonds. The summed E-state index contributed by atoms with van der Waals surface area (Å²) >= 11 is 0. The van der Waals surface area contributed by atoms with Gasteiger partial charge >= 0.3 is 0 Å². The van der Waals surface area contributed by atoms with E-state index in [2.05, 4.69) is 25.1 Å². The molecule has 1 unspecified atom stereocenters. The van der Waals surface area contributed by atoms with Crippen LogP contribution in [0, 0.1) is 0 Å². The van der Waals surface area contributed by atoms with Gasteiger partial charge in [0.25, 0.3) is 0 Å². The zero-order valence-electron chi connectivity index (χ0n) is 16.8. The van der Waals surface area contributed by atoms with E-state index in [-0.39, 0.29) is 17.9 Å². The lowest BCUT2D eigenvalue weighted by molar-refractivity contribution is -0.129. The number of aromatic nitrogens is 2. The van der Waals surface area contributed by atoms with Crippen molar-refractivity contribution in [3.63, 3.8) is 0 Å². The molecule has 2 aliphatic heterocycles. The number of amides is 1. The van der Waals surface area contributed by atoms with Gasteiger partial charge in [0.2, 0.25) is 5.91 Å². The van der Waals surface area contributed by atoms with Crippen molar-refractivity contribution in [1.29, 1.82) is 0 Å². The lowest BCUT2D eigenvalue weighted by Crippen LogP contribution is -2.43. The molecule has 148 valence electrons. The van der Waals surface area contributed by atoms with Crippen molar-refractivity contribution in [2.75, 3.05) is 6.54 Å². The minimum Gasteiger partial charge on any atom is -0.339 e. The fourth-order valence-corrected chi connectivity index (χ4v) is 4.73. The van der Waals surface area contributed by atoms with E-state index < -0.39 is 0 Å². The summed E-state index contributed by atoms with van der Waals surface area (Å²) in [5.41, 5.74) is 2.91. The van der Waals surface area contributed by atoms with Crippen LogP contribution in [0.1, 0.15) is 80.9 Å². The number of imidazole rings is 1. The Bertz CT molecular complexity index is 841. The highest BCUT2D eigenvalue weighted by atomic mass is 16.2. The van der Waals surface area contributed by atoms with E-state index in [1.807, 2.05) is 17.1 Å². The Hall–Kier alpha value is -2.43. The van der Waals surface area contributed by atoms with Gasteiger partial charge in [-0.3, -0.25) is 14.7 Å². The Morgan fingerprint density at radius 1 is 1.36 bits per heavy atom. The van der Waals surface area contributed by atoms with Crippen molar-refractivity contribution in [2.24, 2.45) is 4.99 Å². The van der Waals surface area contributed by atoms with Gasteiger partial charge in [-0.25, -0.2) is 4.98 Å². The molecule has 2 atom stereocenters. The Labute approximate surface area is 167 Å². The third kappa shape index (κ3) is 3.38. The van der Waals surface area contributed by atoms with Crippen LogP contribution in [0.5, 0.6) is 0 Å². The number of aromatic amines is 1. The van der Waals surface area contributed by atoms with Crippen LogP contribution in [-0.4, -0.2) is 39.2 Å². The number of allylic oxidation sites excluding steroid dienone is 3. The summed E-state index contributed by atoms with van der Waals surface area (Å²) in [4.78, 5) is 28.6. The largest absolute Gasteiger partial charge is 0.339 e. The van der Waals surface area contributed by atoms with Gasteiger partial charge in [-0.05, 0) is 25.7 Å². The first kappa shape index (κ1) is 18.9. The van der Waals surface area contributed by atoms with E-state index in [4.69, 9.17) is 9.98 Å². The average Bonchev–Trinajstić information content (AvgIpc) is 3.41. The number of carbonyl (C=O) groups excluding carboxylic acids is 1. The minimum absolute atomic E-state index is 0.0485. The second kappa shape index (κ2) is 7.90. The fraction of sp³-hybridized carbons (Fsp3) is 0.522. The quantitative estimate of drug-likeness (QED) is 0.704. The normalized spacial score (nSPS) is 24.5. The van der Waals surface area contributed by atoms with Crippen LogP contribution in [0.4, 0.5) is 0 Å². The molecule has 0 spiro atoms. The van der Waals surface area contributed by atoms with Gasteiger partial charge in [0.05, 0.1) is 24.2 Å². The highest BCUT2D eigenvalue weighted by Crippen LogP contribution is 2.38. The van der Waals surface area contributed by atoms with Crippen LogP contribution in [0.2, 0.25) is 0 Å². The molecule has 1 saturated carbocycles. The van der Waals surface area contributed by atoms with Gasteiger partial charge in [-0.15, -0.1) is 0 Å². The number of aliphatic imine (C=N–C) groups is 1. The predicted molar refractivity (Wildman–Crippen MR) is 113 cm³/mol. The predicted octanol–water partition coefficient (Wildman–Crippen LogP) is 4.61. The number of carbonyl (C=O) groups is 1. The Kier molecular flexibility index (Phi) is 5.33. The molecule has 1 aliphatic carbocycles. The van der Waals surface area contributed by atoms with E-state index in [1.165, 1.54) is 25.7 Å². The van der Waals surface area contributed by atoms with Crippen LogP contribution in [0.3, 0.4) is 0 Å². The van der Waals surface area contributed by atoms with E-state index in [0.29, 0.717) is 12.5 Å². The van der Waals surface area contributed by atoms with Crippen LogP contribution < -0.4 is 0 Å². The summed E-state index contributed by atoms with van der Waals surface area (Å²) in [7, 11) is 0. The van der Waals surface area contributed by atoms with Crippen LogP contribution in [0.25, 0.3) is 0 Å². The summed E-state index contributed by atoms with van der Waals surface area (Å²) in [6.45, 7) is 10.6. The van der Waals surface area contributed by atoms with Crippen molar-refractivity contribution in [1.82, 2.24) is 14.9 Å². The molecule has 1 aromatic rings. The highest BCUT2D eigenvalue weighted by molar-refractivity contribution is 6.13. The molecule has 28 heavy (non-hydrogen) atoms. The van der Waals surface area contributed by atoms with Crippen molar-refractivity contribution in [2.45, 2.75) is 69.7 Å². The van der Waals surface area contributed by atoms with Crippen LogP contribution in [-0.2, 0) is 4.79 Å². The third-order valence-electron chi connectivity index (χ3n) is 6.11. The van der Waals surface area contributed by atoms with Crippen LogP contribution >= 0.6 is 0 Å². The number of nitrogens with zero attached hydrogens (tertiary/aromatic N) is 3. The molecule has 1 N–H and O–H groups in total. The summed E-state index contributed by atoms with van der Waals surface area (Å²) in [5.74, 6) is 2.36. The van der Waals surface area contributed by atoms with E-state index in [9.17, 15) is 4.79 Å². The number of hydrogen-bond acceptors (Lipinski definition) is 3. The molecule has 0 radical (unpaired) electrons. The maximum atomic E-state index is 13.2. The first-order valence-electron chi connectivity index (χ1n) is 10.6. The Balaban J connectivity index is 1.65. The first-order valence-corrected chi connectivity index (χ1v) is 10.6. The summed E-state index contributed by atoms with van der Waals surface area (Å²) < 4.78 is 0. The number of amidine groups is 1. The van der Waals surface area contributed by atoms with Crippen molar-refractivity contribution >= 4 is 11.7 Å². The molecule has 1 fully saturated rings. The highest BCUT2D eigenvalue weighted by Gasteiger charge is 2.44. The van der Waals surface area contributed by atoms with Gasteiger partial charge in [-0.1, -0.05) is 63.1 Å². The van der Waals surface area contributed by atoms with E-state index >= 15 is 0 Å². The molecule has 5 nitrogen and oxygen atoms in total. The molecule has 1 aromatic heterocycles. The summed E-state index contributed by atoms with van der Waals surface area (Å²) in [5, 5.41) is 0.